The fourth-order valence-electron chi connectivity index (χ4n) is 3.53. The second-order valence-electron chi connectivity index (χ2n) is 9.56. The number of aromatic nitrogens is 3. The van der Waals surface area contributed by atoms with E-state index in [-0.39, 0.29) is 17.1 Å². The number of nitrogens with one attached hydrogen (secondary N) is 1. The van der Waals surface area contributed by atoms with Crippen LogP contribution in [0, 0.1) is 6.92 Å². The normalized spacial score (nSPS) is 11.7. The van der Waals surface area contributed by atoms with Crippen molar-refractivity contribution in [2.45, 2.75) is 38.3 Å². The Morgan fingerprint density at radius 2 is 1.70 bits per heavy atom. The largest absolute Gasteiger partial charge is 0.272 e. The number of aryl methyl sites for hydroxylation is 1. The van der Waals surface area contributed by atoms with Gasteiger partial charge < -0.3 is 0 Å². The Kier molecular flexibility index (Phi) is 8.37. The van der Waals surface area contributed by atoms with Gasteiger partial charge in [0.15, 0.2) is 11.0 Å². The zero-order valence-corrected chi connectivity index (χ0v) is 23.3. The average molecular weight is 553 g/mol. The van der Waals surface area contributed by atoms with Gasteiger partial charge in [0, 0.05) is 11.3 Å². The van der Waals surface area contributed by atoms with E-state index in [2.05, 4.69) is 65.8 Å². The Labute approximate surface area is 231 Å². The number of nitrogens with zero attached hydrogens (tertiary/aromatic N) is 4. The highest BCUT2D eigenvalue weighted by Crippen LogP contribution is 2.30. The van der Waals surface area contributed by atoms with Crippen LogP contribution >= 0.6 is 35.0 Å². The third-order valence-electron chi connectivity index (χ3n) is 5.61. The van der Waals surface area contributed by atoms with Gasteiger partial charge >= 0.3 is 0 Å². The molecule has 37 heavy (non-hydrogen) atoms. The van der Waals surface area contributed by atoms with Crippen molar-refractivity contribution in [2.75, 3.05) is 5.75 Å². The molecule has 0 radical (unpaired) electrons. The SMILES string of the molecule is Cc1ccc(-n2c(SCC(=O)NN=Cc3ccc(Cl)c(Cl)c3)nnc2-c2ccc(C(C)(C)C)cc2)cc1. The van der Waals surface area contributed by atoms with Crippen LogP contribution in [0.1, 0.15) is 37.5 Å². The predicted molar refractivity (Wildman–Crippen MR) is 153 cm³/mol. The van der Waals surface area contributed by atoms with Crippen LogP contribution < -0.4 is 5.43 Å². The standard InChI is InChI=1S/C28H27Cl2N5OS/c1-18-5-12-22(13-6-18)35-26(20-8-10-21(11-9-20)28(2,3)4)33-34-27(35)37-17-25(36)32-31-16-19-7-14-23(29)24(30)15-19/h5-16H,17H2,1-4H3,(H,32,36). The van der Waals surface area contributed by atoms with E-state index >= 15 is 0 Å². The van der Waals surface area contributed by atoms with E-state index in [9.17, 15) is 4.79 Å². The average Bonchev–Trinajstić information content (AvgIpc) is 3.29. The molecule has 0 bridgehead atoms. The number of hydrogen-bond acceptors (Lipinski definition) is 5. The van der Waals surface area contributed by atoms with Gasteiger partial charge in [-0.15, -0.1) is 10.2 Å². The summed E-state index contributed by atoms with van der Waals surface area (Å²) in [5, 5.41) is 14.4. The minimum Gasteiger partial charge on any atom is -0.272 e. The van der Waals surface area contributed by atoms with E-state index < -0.39 is 0 Å². The molecular weight excluding hydrogens is 525 g/mol. The molecule has 1 heterocycles. The van der Waals surface area contributed by atoms with Crippen molar-refractivity contribution in [3.05, 3.63) is 93.5 Å². The van der Waals surface area contributed by atoms with E-state index in [1.165, 1.54) is 23.5 Å². The molecule has 0 unspecified atom stereocenters. The Balaban J connectivity index is 1.53. The Morgan fingerprint density at radius 1 is 1.00 bits per heavy atom. The number of carbonyl (C=O) groups excluding carboxylic acids is 1. The maximum atomic E-state index is 12.5. The summed E-state index contributed by atoms with van der Waals surface area (Å²) in [5.74, 6) is 0.562. The van der Waals surface area contributed by atoms with Crippen molar-refractivity contribution in [3.8, 4) is 17.1 Å². The van der Waals surface area contributed by atoms with Gasteiger partial charge in [0.1, 0.15) is 0 Å². The number of halogens is 2. The summed E-state index contributed by atoms with van der Waals surface area (Å²) in [6.07, 6.45) is 1.51. The van der Waals surface area contributed by atoms with Crippen molar-refractivity contribution in [1.29, 1.82) is 0 Å². The van der Waals surface area contributed by atoms with Crippen molar-refractivity contribution in [1.82, 2.24) is 20.2 Å². The summed E-state index contributed by atoms with van der Waals surface area (Å²) in [5.41, 5.74) is 7.58. The molecule has 9 heteroatoms. The first kappa shape index (κ1) is 26.9. The van der Waals surface area contributed by atoms with Gasteiger partial charge in [-0.25, -0.2) is 5.43 Å². The van der Waals surface area contributed by atoms with E-state index in [4.69, 9.17) is 23.2 Å². The third-order valence-corrected chi connectivity index (χ3v) is 7.28. The van der Waals surface area contributed by atoms with Gasteiger partial charge in [-0.3, -0.25) is 9.36 Å². The number of hydrogen-bond donors (Lipinski definition) is 1. The fraction of sp³-hybridized carbons (Fsp3) is 0.214. The lowest BCUT2D eigenvalue weighted by molar-refractivity contribution is -0.118. The molecule has 0 aliphatic rings. The number of benzene rings is 3. The van der Waals surface area contributed by atoms with Crippen LogP contribution in [0.3, 0.4) is 0 Å². The molecule has 1 amide bonds. The van der Waals surface area contributed by atoms with Crippen LogP contribution in [0.2, 0.25) is 10.0 Å². The highest BCUT2D eigenvalue weighted by atomic mass is 35.5. The lowest BCUT2D eigenvalue weighted by atomic mass is 9.87. The Morgan fingerprint density at radius 3 is 2.35 bits per heavy atom. The smallest absolute Gasteiger partial charge is 0.250 e. The molecule has 4 aromatic rings. The molecule has 0 aliphatic carbocycles. The number of amides is 1. The molecule has 190 valence electrons. The lowest BCUT2D eigenvalue weighted by Crippen LogP contribution is -2.20. The van der Waals surface area contributed by atoms with Crippen LogP contribution in [-0.2, 0) is 10.2 Å². The molecule has 1 aromatic heterocycles. The van der Waals surface area contributed by atoms with Crippen LogP contribution in [0.15, 0.2) is 77.0 Å². The molecule has 0 aliphatic heterocycles. The van der Waals surface area contributed by atoms with E-state index in [1.807, 2.05) is 35.8 Å². The molecule has 0 saturated carbocycles. The van der Waals surface area contributed by atoms with Crippen LogP contribution in [0.5, 0.6) is 0 Å². The third kappa shape index (κ3) is 6.80. The quantitative estimate of drug-likeness (QED) is 0.151. The highest BCUT2D eigenvalue weighted by molar-refractivity contribution is 7.99. The first-order chi connectivity index (χ1) is 17.6. The van der Waals surface area contributed by atoms with Crippen molar-refractivity contribution >= 4 is 47.1 Å². The van der Waals surface area contributed by atoms with Crippen LogP contribution in [0.25, 0.3) is 17.1 Å². The number of rotatable bonds is 7. The summed E-state index contributed by atoms with van der Waals surface area (Å²) in [4.78, 5) is 12.5. The lowest BCUT2D eigenvalue weighted by Gasteiger charge is -2.19. The molecular formula is C28H27Cl2N5OS. The molecule has 0 saturated heterocycles. The summed E-state index contributed by atoms with van der Waals surface area (Å²) >= 11 is 13.2. The second kappa shape index (κ2) is 11.5. The van der Waals surface area contributed by atoms with Crippen molar-refractivity contribution < 1.29 is 4.79 Å². The predicted octanol–water partition coefficient (Wildman–Crippen LogP) is 7.09. The minimum absolute atomic E-state index is 0.0554. The number of carbonyl (C=O) groups is 1. The van der Waals surface area contributed by atoms with E-state index in [1.54, 1.807) is 18.2 Å². The summed E-state index contributed by atoms with van der Waals surface area (Å²) in [6.45, 7) is 8.60. The molecule has 4 rings (SSSR count). The zero-order valence-electron chi connectivity index (χ0n) is 21.0. The fourth-order valence-corrected chi connectivity index (χ4v) is 4.58. The van der Waals surface area contributed by atoms with Gasteiger partial charge in [0.05, 0.1) is 22.0 Å². The van der Waals surface area contributed by atoms with Crippen LogP contribution in [0.4, 0.5) is 0 Å². The Bertz CT molecular complexity index is 1420. The highest BCUT2D eigenvalue weighted by Gasteiger charge is 2.19. The van der Waals surface area contributed by atoms with Gasteiger partial charge in [-0.1, -0.05) is 104 Å². The Hall–Kier alpha value is -3.13. The molecule has 1 N–H and O–H groups in total. The van der Waals surface area contributed by atoms with E-state index in [0.717, 1.165) is 22.4 Å². The van der Waals surface area contributed by atoms with Gasteiger partial charge in [-0.2, -0.15) is 5.10 Å². The molecule has 0 spiro atoms. The van der Waals surface area contributed by atoms with Gasteiger partial charge in [-0.05, 0) is 47.7 Å². The second-order valence-corrected chi connectivity index (χ2v) is 11.3. The van der Waals surface area contributed by atoms with Crippen molar-refractivity contribution in [2.24, 2.45) is 5.10 Å². The maximum Gasteiger partial charge on any atom is 0.250 e. The topological polar surface area (TPSA) is 72.2 Å². The number of thioether (sulfide) groups is 1. The maximum absolute atomic E-state index is 12.5. The van der Waals surface area contributed by atoms with Crippen LogP contribution in [-0.4, -0.2) is 32.6 Å². The van der Waals surface area contributed by atoms with Crippen molar-refractivity contribution in [3.63, 3.8) is 0 Å². The van der Waals surface area contributed by atoms with E-state index in [0.29, 0.717) is 21.0 Å². The zero-order chi connectivity index (χ0) is 26.6. The molecule has 3 aromatic carbocycles. The first-order valence-corrected chi connectivity index (χ1v) is 13.4. The summed E-state index contributed by atoms with van der Waals surface area (Å²) < 4.78 is 1.97. The summed E-state index contributed by atoms with van der Waals surface area (Å²) in [7, 11) is 0. The minimum atomic E-state index is -0.268. The molecule has 0 atom stereocenters. The van der Waals surface area contributed by atoms with Gasteiger partial charge in [0.2, 0.25) is 0 Å². The monoisotopic (exact) mass is 551 g/mol. The summed E-state index contributed by atoms with van der Waals surface area (Å²) in [6, 6.07) is 21.6. The number of hydrazone groups is 1. The first-order valence-electron chi connectivity index (χ1n) is 11.6. The van der Waals surface area contributed by atoms with Gasteiger partial charge in [0.25, 0.3) is 5.91 Å². The molecule has 0 fully saturated rings. The molecule has 6 nitrogen and oxygen atoms in total.